The van der Waals surface area contributed by atoms with Crippen LogP contribution in [0.3, 0.4) is 0 Å². The molecule has 0 radical (unpaired) electrons. The molecule has 6 nitrogen and oxygen atoms in total. The van der Waals surface area contributed by atoms with Gasteiger partial charge in [-0.15, -0.1) is 0 Å². The molecule has 9 heteroatoms. The zero-order chi connectivity index (χ0) is 20.5. The molecule has 1 aliphatic rings. The van der Waals surface area contributed by atoms with E-state index in [0.29, 0.717) is 18.6 Å². The lowest BCUT2D eigenvalue weighted by Gasteiger charge is -2.15. The maximum absolute atomic E-state index is 15.0. The van der Waals surface area contributed by atoms with Crippen molar-refractivity contribution < 1.29 is 26.7 Å². The Balaban J connectivity index is 1.91. The summed E-state index contributed by atoms with van der Waals surface area (Å²) in [5, 5.41) is 2.48. The van der Waals surface area contributed by atoms with Crippen LogP contribution < -0.4 is 10.0 Å². The molecule has 0 bridgehead atoms. The zero-order valence-electron chi connectivity index (χ0n) is 15.4. The van der Waals surface area contributed by atoms with E-state index in [1.807, 2.05) is 0 Å². The molecule has 1 amide bonds. The number of anilines is 1. The van der Waals surface area contributed by atoms with Crippen molar-refractivity contribution in [3.8, 4) is 0 Å². The number of sulfonamides is 1. The van der Waals surface area contributed by atoms with Gasteiger partial charge < -0.3 is 10.1 Å². The Hall–Kier alpha value is -2.36. The number of carbonyl (C=O) groups excluding carboxylic acids is 1. The standard InChI is InChI=1S/C19H20F2N2O4S/c1-11-3-6-16(28(25,26)23-14-7-8-27-10-14)18(21)17(11)19(24)22-13-4-5-15(20)12(2)9-13/h3-6,9,14,23H,7-8,10H2,1-2H3,(H,22,24)/t14-/m0/s1. The highest BCUT2D eigenvalue weighted by Crippen LogP contribution is 2.24. The number of amides is 1. The lowest BCUT2D eigenvalue weighted by molar-refractivity contribution is 0.102. The van der Waals surface area contributed by atoms with Crippen molar-refractivity contribution in [3.05, 3.63) is 58.7 Å². The van der Waals surface area contributed by atoms with E-state index >= 15 is 4.39 Å². The van der Waals surface area contributed by atoms with Crippen LogP contribution in [0.1, 0.15) is 27.9 Å². The first kappa shape index (κ1) is 20.4. The Kier molecular flexibility index (Phi) is 5.78. The number of rotatable bonds is 5. The van der Waals surface area contributed by atoms with Crippen LogP contribution in [-0.2, 0) is 14.8 Å². The highest BCUT2D eigenvalue weighted by molar-refractivity contribution is 7.89. The summed E-state index contributed by atoms with van der Waals surface area (Å²) in [6.07, 6.45) is 0.490. The summed E-state index contributed by atoms with van der Waals surface area (Å²) in [7, 11) is -4.17. The summed E-state index contributed by atoms with van der Waals surface area (Å²) in [4.78, 5) is 12.0. The van der Waals surface area contributed by atoms with Gasteiger partial charge in [-0.1, -0.05) is 6.07 Å². The first-order valence-corrected chi connectivity index (χ1v) is 10.1. The molecule has 1 atom stereocenters. The minimum absolute atomic E-state index is 0.212. The van der Waals surface area contributed by atoms with Crippen LogP contribution in [0.2, 0.25) is 0 Å². The van der Waals surface area contributed by atoms with E-state index in [1.54, 1.807) is 0 Å². The van der Waals surface area contributed by atoms with E-state index in [1.165, 1.54) is 38.1 Å². The third kappa shape index (κ3) is 4.21. The lowest BCUT2D eigenvalue weighted by Crippen LogP contribution is -2.35. The van der Waals surface area contributed by atoms with Gasteiger partial charge in [0.15, 0.2) is 5.82 Å². The van der Waals surface area contributed by atoms with E-state index < -0.39 is 38.5 Å². The molecule has 0 aliphatic carbocycles. The molecule has 1 heterocycles. The Morgan fingerprint density at radius 1 is 1.14 bits per heavy atom. The first-order chi connectivity index (χ1) is 13.2. The van der Waals surface area contributed by atoms with Crippen LogP contribution in [0.4, 0.5) is 14.5 Å². The van der Waals surface area contributed by atoms with Crippen LogP contribution in [0.25, 0.3) is 0 Å². The first-order valence-electron chi connectivity index (χ1n) is 8.65. The van der Waals surface area contributed by atoms with Gasteiger partial charge in [0.05, 0.1) is 12.2 Å². The minimum Gasteiger partial charge on any atom is -0.380 e. The average molecular weight is 410 g/mol. The van der Waals surface area contributed by atoms with Gasteiger partial charge in [0.1, 0.15) is 10.7 Å². The van der Waals surface area contributed by atoms with Crippen molar-refractivity contribution in [1.82, 2.24) is 4.72 Å². The van der Waals surface area contributed by atoms with Crippen molar-refractivity contribution in [2.24, 2.45) is 0 Å². The molecule has 0 aromatic heterocycles. The van der Waals surface area contributed by atoms with E-state index in [2.05, 4.69) is 10.0 Å². The molecule has 1 aliphatic heterocycles. The summed E-state index contributed by atoms with van der Waals surface area (Å²) < 4.78 is 61.0. The van der Waals surface area contributed by atoms with Gasteiger partial charge in [0, 0.05) is 18.3 Å². The fourth-order valence-electron chi connectivity index (χ4n) is 2.97. The normalized spacial score (nSPS) is 16.9. The Morgan fingerprint density at radius 3 is 2.54 bits per heavy atom. The molecule has 1 fully saturated rings. The van der Waals surface area contributed by atoms with Crippen molar-refractivity contribution in [1.29, 1.82) is 0 Å². The molecule has 150 valence electrons. The second-order valence-corrected chi connectivity index (χ2v) is 8.35. The monoisotopic (exact) mass is 410 g/mol. The van der Waals surface area contributed by atoms with Crippen LogP contribution >= 0.6 is 0 Å². The molecule has 0 unspecified atom stereocenters. The average Bonchev–Trinajstić information content (AvgIpc) is 3.10. The zero-order valence-corrected chi connectivity index (χ0v) is 16.2. The fourth-order valence-corrected chi connectivity index (χ4v) is 4.30. The van der Waals surface area contributed by atoms with Crippen molar-refractivity contribution in [2.45, 2.75) is 31.2 Å². The number of aryl methyl sites for hydroxylation is 2. The second-order valence-electron chi connectivity index (χ2n) is 6.67. The predicted molar refractivity (Wildman–Crippen MR) is 99.8 cm³/mol. The molecule has 3 rings (SSSR count). The van der Waals surface area contributed by atoms with Crippen LogP contribution in [0.5, 0.6) is 0 Å². The van der Waals surface area contributed by atoms with E-state index in [-0.39, 0.29) is 23.4 Å². The van der Waals surface area contributed by atoms with Gasteiger partial charge in [-0.3, -0.25) is 4.79 Å². The van der Waals surface area contributed by atoms with Crippen LogP contribution in [0.15, 0.2) is 35.2 Å². The van der Waals surface area contributed by atoms with Crippen LogP contribution in [0, 0.1) is 25.5 Å². The number of hydrogen-bond donors (Lipinski definition) is 2. The van der Waals surface area contributed by atoms with Gasteiger partial charge in [0.2, 0.25) is 10.0 Å². The van der Waals surface area contributed by atoms with E-state index in [0.717, 1.165) is 6.07 Å². The number of benzene rings is 2. The number of nitrogens with one attached hydrogen (secondary N) is 2. The molecule has 2 N–H and O–H groups in total. The van der Waals surface area contributed by atoms with Crippen molar-refractivity contribution >= 4 is 21.6 Å². The topological polar surface area (TPSA) is 84.5 Å². The molecule has 2 aromatic rings. The summed E-state index contributed by atoms with van der Waals surface area (Å²) in [6, 6.07) is 5.99. The van der Waals surface area contributed by atoms with Crippen molar-refractivity contribution in [3.63, 3.8) is 0 Å². The Morgan fingerprint density at radius 2 is 1.89 bits per heavy atom. The summed E-state index contributed by atoms with van der Waals surface area (Å²) in [5.41, 5.74) is 0.482. The second kappa shape index (κ2) is 7.94. The van der Waals surface area contributed by atoms with Gasteiger partial charge in [0.25, 0.3) is 5.91 Å². The number of hydrogen-bond acceptors (Lipinski definition) is 4. The molecule has 1 saturated heterocycles. The summed E-state index contributed by atoms with van der Waals surface area (Å²) in [5.74, 6) is -2.39. The molecule has 0 spiro atoms. The number of halogens is 2. The highest BCUT2D eigenvalue weighted by atomic mass is 32.2. The fraction of sp³-hybridized carbons (Fsp3) is 0.316. The van der Waals surface area contributed by atoms with E-state index in [4.69, 9.17) is 4.74 Å². The molecular weight excluding hydrogens is 390 g/mol. The SMILES string of the molecule is Cc1cc(NC(=O)c2c(C)ccc(S(=O)(=O)N[C@H]3CCOC3)c2F)ccc1F. The third-order valence-electron chi connectivity index (χ3n) is 4.50. The van der Waals surface area contributed by atoms with E-state index in [9.17, 15) is 17.6 Å². The maximum atomic E-state index is 15.0. The molecule has 2 aromatic carbocycles. The Bertz CT molecular complexity index is 1020. The van der Waals surface area contributed by atoms with Crippen molar-refractivity contribution in [2.75, 3.05) is 18.5 Å². The molecule has 28 heavy (non-hydrogen) atoms. The van der Waals surface area contributed by atoms with Gasteiger partial charge in [-0.25, -0.2) is 21.9 Å². The minimum atomic E-state index is -4.17. The van der Waals surface area contributed by atoms with Gasteiger partial charge in [-0.05, 0) is 55.7 Å². The lowest BCUT2D eigenvalue weighted by atomic mass is 10.1. The smallest absolute Gasteiger partial charge is 0.258 e. The highest BCUT2D eigenvalue weighted by Gasteiger charge is 2.29. The third-order valence-corrected chi connectivity index (χ3v) is 6.04. The molecule has 0 saturated carbocycles. The number of carbonyl (C=O) groups is 1. The molecular formula is C19H20F2N2O4S. The largest absolute Gasteiger partial charge is 0.380 e. The quantitative estimate of drug-likeness (QED) is 0.794. The summed E-state index contributed by atoms with van der Waals surface area (Å²) >= 11 is 0. The predicted octanol–water partition coefficient (Wildman–Crippen LogP) is 2.90. The van der Waals surface area contributed by atoms with Gasteiger partial charge >= 0.3 is 0 Å². The summed E-state index contributed by atoms with van der Waals surface area (Å²) in [6.45, 7) is 3.67. The Labute approximate surface area is 162 Å². The van der Waals surface area contributed by atoms with Crippen LogP contribution in [-0.4, -0.2) is 33.6 Å². The maximum Gasteiger partial charge on any atom is 0.258 e. The number of ether oxygens (including phenoxy) is 1. The van der Waals surface area contributed by atoms with Gasteiger partial charge in [-0.2, -0.15) is 0 Å².